The molecular formula is C40H46ClFN4O4S. The van der Waals surface area contributed by atoms with Crippen molar-refractivity contribution in [3.05, 3.63) is 82.0 Å². The smallest absolute Gasteiger partial charge is 0.352 e. The number of carbonyl (C=O) groups is 1. The van der Waals surface area contributed by atoms with Gasteiger partial charge in [-0.2, -0.15) is 5.10 Å². The molecule has 4 heterocycles. The van der Waals surface area contributed by atoms with Crippen LogP contribution in [0.3, 0.4) is 0 Å². The molecule has 2 aliphatic heterocycles. The Morgan fingerprint density at radius 1 is 1.10 bits per heavy atom. The molecule has 2 aromatic heterocycles. The zero-order valence-corrected chi connectivity index (χ0v) is 31.2. The summed E-state index contributed by atoms with van der Waals surface area (Å²) in [6.45, 7) is 4.74. The summed E-state index contributed by atoms with van der Waals surface area (Å²) in [5.41, 5.74) is 5.96. The number of halogens is 2. The molecule has 1 N–H and O–H groups in total. The van der Waals surface area contributed by atoms with Crippen molar-refractivity contribution in [1.82, 2.24) is 18.7 Å². The second-order valence-electron chi connectivity index (χ2n) is 13.7. The summed E-state index contributed by atoms with van der Waals surface area (Å²) in [4.78, 5) is 13.2. The van der Waals surface area contributed by atoms with Gasteiger partial charge in [0.15, 0.2) is 0 Å². The minimum Gasteiger partial charge on any atom is -0.493 e. The van der Waals surface area contributed by atoms with E-state index in [-0.39, 0.29) is 11.9 Å². The fraction of sp³-hybridized carbons (Fsp3) is 0.450. The van der Waals surface area contributed by atoms with E-state index in [0.29, 0.717) is 48.4 Å². The molecule has 0 bridgehead atoms. The first kappa shape index (κ1) is 35.8. The maximum absolute atomic E-state index is 13.9. The highest BCUT2D eigenvalue weighted by atomic mass is 35.5. The number of hydrogen-bond donors (Lipinski definition) is 1. The molecule has 7 rings (SSSR count). The molecule has 0 spiro atoms. The lowest BCUT2D eigenvalue weighted by Crippen LogP contribution is -2.22. The Labute approximate surface area is 308 Å². The summed E-state index contributed by atoms with van der Waals surface area (Å²) < 4.78 is 32.1. The van der Waals surface area contributed by atoms with Gasteiger partial charge in [0.25, 0.3) is 0 Å². The number of nitrogens with zero attached hydrogens (tertiary/aromatic N) is 4. The fourth-order valence-electron chi connectivity index (χ4n) is 8.17. The number of aromatic nitrogens is 3. The minimum absolute atomic E-state index is 0.0632. The summed E-state index contributed by atoms with van der Waals surface area (Å²) in [5, 5.41) is 19.1. The highest BCUT2D eigenvalue weighted by Crippen LogP contribution is 2.46. The molecule has 1 unspecified atom stereocenters. The summed E-state index contributed by atoms with van der Waals surface area (Å²) >= 11 is 9.04. The van der Waals surface area contributed by atoms with Crippen molar-refractivity contribution in [2.45, 2.75) is 70.9 Å². The van der Waals surface area contributed by atoms with Gasteiger partial charge in [-0.05, 0) is 106 Å². The van der Waals surface area contributed by atoms with E-state index in [0.717, 1.165) is 107 Å². The minimum atomic E-state index is -0.948. The van der Waals surface area contributed by atoms with Crippen LogP contribution in [0.1, 0.15) is 78.9 Å². The SMILES string of the molecule is CCc1c2c(nn1C)C(CCC1CCOCC1)N(C)SCCCn1c(C(=O)O)c(CCCOc3cccc4cc(F)ccc34)c3ccc(Cl)c-2c31. The van der Waals surface area contributed by atoms with Crippen molar-refractivity contribution in [3.8, 4) is 16.9 Å². The molecule has 0 amide bonds. The van der Waals surface area contributed by atoms with Crippen LogP contribution in [0, 0.1) is 11.7 Å². The van der Waals surface area contributed by atoms with Crippen molar-refractivity contribution < 1.29 is 23.8 Å². The largest absolute Gasteiger partial charge is 0.493 e. The van der Waals surface area contributed by atoms with Crippen LogP contribution in [-0.4, -0.2) is 62.3 Å². The van der Waals surface area contributed by atoms with Gasteiger partial charge >= 0.3 is 5.97 Å². The van der Waals surface area contributed by atoms with Crippen LogP contribution in [0.5, 0.6) is 5.75 Å². The summed E-state index contributed by atoms with van der Waals surface area (Å²) in [6, 6.07) is 14.3. The van der Waals surface area contributed by atoms with Crippen molar-refractivity contribution in [2.75, 3.05) is 32.6 Å². The van der Waals surface area contributed by atoms with E-state index in [4.69, 9.17) is 26.2 Å². The van der Waals surface area contributed by atoms with Gasteiger partial charge in [-0.3, -0.25) is 4.68 Å². The molecule has 270 valence electrons. The number of rotatable bonds is 10. The Morgan fingerprint density at radius 2 is 1.90 bits per heavy atom. The quantitative estimate of drug-likeness (QED) is 0.113. The van der Waals surface area contributed by atoms with Gasteiger partial charge in [-0.1, -0.05) is 48.7 Å². The average molecular weight is 733 g/mol. The van der Waals surface area contributed by atoms with Crippen LogP contribution >= 0.6 is 23.5 Å². The van der Waals surface area contributed by atoms with Crippen LogP contribution in [0.25, 0.3) is 32.8 Å². The molecule has 2 aliphatic rings. The lowest BCUT2D eigenvalue weighted by Gasteiger charge is -2.29. The molecule has 0 saturated carbocycles. The number of carboxylic acid groups (broad SMARTS) is 1. The summed E-state index contributed by atoms with van der Waals surface area (Å²) in [7, 11) is 4.18. The summed E-state index contributed by atoms with van der Waals surface area (Å²) in [6.07, 6.45) is 6.90. The molecule has 3 aromatic carbocycles. The van der Waals surface area contributed by atoms with E-state index in [1.807, 2.05) is 46.6 Å². The number of carboxylic acids is 1. The topological polar surface area (TPSA) is 81.8 Å². The van der Waals surface area contributed by atoms with Crippen LogP contribution in [0.15, 0.2) is 48.5 Å². The number of fused-ring (bicyclic) bond motifs is 3. The normalized spacial score (nSPS) is 17.5. The standard InChI is InChI=1S/C40H46ClFN4O4S/c1-4-32-36-35-31(41)15-14-30-29(9-6-20-50-34-10-5-8-26-24-27(42)12-13-28(26)34)39(40(47)48)46(38(30)35)19-7-23-51-45(3)33(37(36)43-44(32)2)16-11-25-17-21-49-22-18-25/h5,8,10,12-15,24-25,33H,4,6-7,9,11,16-23H2,1-3H3,(H,47,48). The molecule has 51 heavy (non-hydrogen) atoms. The second-order valence-corrected chi connectivity index (χ2v) is 15.4. The first-order valence-corrected chi connectivity index (χ1v) is 19.5. The zero-order valence-electron chi connectivity index (χ0n) is 29.6. The van der Waals surface area contributed by atoms with Gasteiger partial charge < -0.3 is 19.1 Å². The monoisotopic (exact) mass is 732 g/mol. The Morgan fingerprint density at radius 3 is 2.69 bits per heavy atom. The predicted molar refractivity (Wildman–Crippen MR) is 204 cm³/mol. The van der Waals surface area contributed by atoms with Crippen molar-refractivity contribution >= 4 is 51.2 Å². The molecule has 1 atom stereocenters. The average Bonchev–Trinajstić information content (AvgIpc) is 3.61. The Hall–Kier alpha value is -3.57. The number of aryl methyl sites for hydroxylation is 3. The van der Waals surface area contributed by atoms with E-state index in [1.54, 1.807) is 18.0 Å². The molecule has 11 heteroatoms. The van der Waals surface area contributed by atoms with Crippen LogP contribution in [0.2, 0.25) is 5.02 Å². The molecule has 5 aromatic rings. The van der Waals surface area contributed by atoms with E-state index < -0.39 is 5.97 Å². The van der Waals surface area contributed by atoms with E-state index >= 15 is 0 Å². The maximum Gasteiger partial charge on any atom is 0.352 e. The third-order valence-electron chi connectivity index (χ3n) is 10.7. The highest BCUT2D eigenvalue weighted by Gasteiger charge is 2.33. The first-order chi connectivity index (χ1) is 24.8. The van der Waals surface area contributed by atoms with Gasteiger partial charge in [0.05, 0.1) is 28.9 Å². The van der Waals surface area contributed by atoms with E-state index in [2.05, 4.69) is 18.3 Å². The van der Waals surface area contributed by atoms with E-state index in [1.165, 1.54) is 12.1 Å². The van der Waals surface area contributed by atoms with Crippen LogP contribution in [-0.2, 0) is 31.2 Å². The van der Waals surface area contributed by atoms with Gasteiger partial charge in [-0.15, -0.1) is 0 Å². The summed E-state index contributed by atoms with van der Waals surface area (Å²) in [5.74, 6) is 0.923. The van der Waals surface area contributed by atoms with Crippen LogP contribution in [0.4, 0.5) is 4.39 Å². The Balaban J connectivity index is 1.30. The third-order valence-corrected chi connectivity index (χ3v) is 12.1. The van der Waals surface area contributed by atoms with Crippen molar-refractivity contribution in [1.29, 1.82) is 0 Å². The Bertz CT molecular complexity index is 2060. The highest BCUT2D eigenvalue weighted by molar-refractivity contribution is 7.97. The van der Waals surface area contributed by atoms with E-state index in [9.17, 15) is 14.3 Å². The van der Waals surface area contributed by atoms with Crippen LogP contribution < -0.4 is 4.74 Å². The Kier molecular flexibility index (Phi) is 10.9. The molecule has 0 radical (unpaired) electrons. The van der Waals surface area contributed by atoms with Gasteiger partial charge in [0.1, 0.15) is 17.3 Å². The molecular weight excluding hydrogens is 687 g/mol. The maximum atomic E-state index is 13.9. The van der Waals surface area contributed by atoms with Crippen molar-refractivity contribution in [2.24, 2.45) is 13.0 Å². The van der Waals surface area contributed by atoms with Gasteiger partial charge in [-0.25, -0.2) is 13.5 Å². The number of ether oxygens (including phenoxy) is 2. The third kappa shape index (κ3) is 7.12. The molecule has 0 aliphatic carbocycles. The van der Waals surface area contributed by atoms with Crippen molar-refractivity contribution in [3.63, 3.8) is 0 Å². The lowest BCUT2D eigenvalue weighted by molar-refractivity contribution is 0.0617. The molecule has 1 fully saturated rings. The predicted octanol–water partition coefficient (Wildman–Crippen LogP) is 9.49. The lowest BCUT2D eigenvalue weighted by atomic mass is 9.89. The van der Waals surface area contributed by atoms with Gasteiger partial charge in [0.2, 0.25) is 0 Å². The number of aromatic carboxylic acids is 1. The fourth-order valence-corrected chi connectivity index (χ4v) is 9.35. The zero-order chi connectivity index (χ0) is 35.6. The number of benzene rings is 3. The molecule has 8 nitrogen and oxygen atoms in total. The number of hydrogen-bond acceptors (Lipinski definition) is 6. The molecule has 1 saturated heterocycles. The second kappa shape index (κ2) is 15.6. The van der Waals surface area contributed by atoms with Gasteiger partial charge in [0, 0.05) is 60.2 Å². The first-order valence-electron chi connectivity index (χ1n) is 18.1.